The third kappa shape index (κ3) is 7.13. The molecule has 0 unspecified atom stereocenters. The van der Waals surface area contributed by atoms with Crippen molar-refractivity contribution in [3.63, 3.8) is 0 Å². The minimum atomic E-state index is -3.57. The number of halogens is 2. The minimum absolute atomic E-state index is 0.00652. The number of carbonyl (C=O) groups excluding carboxylic acids is 1. The number of nitrogens with one attached hydrogen (secondary N) is 2. The highest BCUT2D eigenvalue weighted by molar-refractivity contribution is 7.89. The summed E-state index contributed by atoms with van der Waals surface area (Å²) < 4.78 is 56.2. The molecule has 2 N–H and O–H groups in total. The maximum atomic E-state index is 13.0. The summed E-state index contributed by atoms with van der Waals surface area (Å²) in [4.78, 5) is 12.4. The van der Waals surface area contributed by atoms with Crippen LogP contribution >= 0.6 is 0 Å². The fourth-order valence-electron chi connectivity index (χ4n) is 3.66. The first-order valence-corrected chi connectivity index (χ1v) is 12.3. The van der Waals surface area contributed by atoms with Gasteiger partial charge >= 0.3 is 6.61 Å². The van der Waals surface area contributed by atoms with E-state index in [1.54, 1.807) is 37.3 Å². The van der Waals surface area contributed by atoms with Gasteiger partial charge in [0.25, 0.3) is 0 Å². The number of sulfonamides is 1. The average molecular weight is 482 g/mol. The molecule has 0 bridgehead atoms. The lowest BCUT2D eigenvalue weighted by molar-refractivity contribution is -0.119. The summed E-state index contributed by atoms with van der Waals surface area (Å²) in [6, 6.07) is 11.3. The van der Waals surface area contributed by atoms with Gasteiger partial charge in [-0.1, -0.05) is 24.6 Å². The molecule has 0 aromatic heterocycles. The van der Waals surface area contributed by atoms with Crippen molar-refractivity contribution in [2.45, 2.75) is 44.1 Å². The molecule has 180 valence electrons. The zero-order chi connectivity index (χ0) is 23.8. The van der Waals surface area contributed by atoms with E-state index in [-0.39, 0.29) is 23.1 Å². The lowest BCUT2D eigenvalue weighted by atomic mass is 10.1. The van der Waals surface area contributed by atoms with Gasteiger partial charge in [-0.2, -0.15) is 13.1 Å². The van der Waals surface area contributed by atoms with Gasteiger partial charge in [0.15, 0.2) is 0 Å². The van der Waals surface area contributed by atoms with Crippen LogP contribution in [-0.2, 0) is 21.2 Å². The highest BCUT2D eigenvalue weighted by Gasteiger charge is 2.27. The summed E-state index contributed by atoms with van der Waals surface area (Å²) in [5.41, 5.74) is 2.09. The van der Waals surface area contributed by atoms with Gasteiger partial charge < -0.3 is 15.4 Å². The Balaban J connectivity index is 1.49. The van der Waals surface area contributed by atoms with Crippen LogP contribution in [0.5, 0.6) is 5.75 Å². The lowest BCUT2D eigenvalue weighted by Gasteiger charge is -2.26. The Hall–Kier alpha value is -2.72. The molecule has 0 spiro atoms. The standard InChI is InChI=1S/C23H29F2N3O4S/c1-17-5-8-19(15-21(17)33(30,31)28-13-3-2-4-14-28)27-16-22(29)26-12-11-18-6-9-20(10-7-18)32-23(24)25/h5-10,15,23,27H,2-4,11-14,16H2,1H3,(H,26,29). The number of carbonyl (C=O) groups is 1. The number of nitrogens with zero attached hydrogens (tertiary/aromatic N) is 1. The second-order valence-electron chi connectivity index (χ2n) is 7.92. The van der Waals surface area contributed by atoms with Crippen LogP contribution in [0.3, 0.4) is 0 Å². The SMILES string of the molecule is Cc1ccc(NCC(=O)NCCc2ccc(OC(F)F)cc2)cc1S(=O)(=O)N1CCCCC1. The first-order valence-electron chi connectivity index (χ1n) is 10.9. The Morgan fingerprint density at radius 2 is 1.79 bits per heavy atom. The predicted molar refractivity (Wildman–Crippen MR) is 122 cm³/mol. The number of anilines is 1. The van der Waals surface area contributed by atoms with Crippen LogP contribution in [0.1, 0.15) is 30.4 Å². The summed E-state index contributed by atoms with van der Waals surface area (Å²) in [5.74, 6) is -0.157. The van der Waals surface area contributed by atoms with Gasteiger partial charge in [-0.15, -0.1) is 0 Å². The molecule has 1 aliphatic rings. The highest BCUT2D eigenvalue weighted by atomic mass is 32.2. The molecule has 0 radical (unpaired) electrons. The molecule has 1 fully saturated rings. The normalized spacial score (nSPS) is 14.8. The van der Waals surface area contributed by atoms with Gasteiger partial charge in [0, 0.05) is 25.3 Å². The Morgan fingerprint density at radius 1 is 1.09 bits per heavy atom. The largest absolute Gasteiger partial charge is 0.435 e. The van der Waals surface area contributed by atoms with Crippen molar-refractivity contribution in [3.8, 4) is 5.75 Å². The number of benzene rings is 2. The average Bonchev–Trinajstić information content (AvgIpc) is 2.80. The van der Waals surface area contributed by atoms with Gasteiger partial charge in [-0.25, -0.2) is 8.42 Å². The molecule has 0 saturated carbocycles. The number of ether oxygens (including phenoxy) is 1. The first kappa shape index (κ1) is 24.9. The van der Waals surface area contributed by atoms with Crippen molar-refractivity contribution < 1.29 is 26.7 Å². The van der Waals surface area contributed by atoms with E-state index in [1.807, 2.05) is 0 Å². The molecule has 33 heavy (non-hydrogen) atoms. The molecule has 0 atom stereocenters. The Morgan fingerprint density at radius 3 is 2.45 bits per heavy atom. The van der Waals surface area contributed by atoms with Crippen LogP contribution < -0.4 is 15.4 Å². The molecule has 1 aliphatic heterocycles. The zero-order valence-electron chi connectivity index (χ0n) is 18.5. The molecule has 1 amide bonds. The summed E-state index contributed by atoms with van der Waals surface area (Å²) in [7, 11) is -3.57. The number of hydrogen-bond donors (Lipinski definition) is 2. The van der Waals surface area contributed by atoms with Crippen molar-refractivity contribution in [1.29, 1.82) is 0 Å². The molecule has 2 aromatic rings. The van der Waals surface area contributed by atoms with Crippen LogP contribution in [0.25, 0.3) is 0 Å². The number of alkyl halides is 2. The van der Waals surface area contributed by atoms with Gasteiger partial charge in [-0.05, 0) is 61.6 Å². The molecular weight excluding hydrogens is 452 g/mol. The Kier molecular flexibility index (Phi) is 8.62. The number of aryl methyl sites for hydroxylation is 1. The van der Waals surface area contributed by atoms with E-state index in [0.717, 1.165) is 24.8 Å². The van der Waals surface area contributed by atoms with E-state index in [2.05, 4.69) is 15.4 Å². The molecule has 0 aliphatic carbocycles. The summed E-state index contributed by atoms with van der Waals surface area (Å²) in [5, 5.41) is 5.76. The molecular formula is C23H29F2N3O4S. The second-order valence-corrected chi connectivity index (χ2v) is 9.83. The Bertz CT molecular complexity index is 1040. The number of rotatable bonds is 10. The van der Waals surface area contributed by atoms with E-state index in [0.29, 0.717) is 37.3 Å². The van der Waals surface area contributed by atoms with Crippen LogP contribution in [0.4, 0.5) is 14.5 Å². The van der Waals surface area contributed by atoms with Gasteiger partial charge in [-0.3, -0.25) is 4.79 Å². The van der Waals surface area contributed by atoms with Crippen LogP contribution in [-0.4, -0.2) is 51.4 Å². The monoisotopic (exact) mass is 481 g/mol. The van der Waals surface area contributed by atoms with Crippen molar-refractivity contribution in [2.75, 3.05) is 31.5 Å². The number of amides is 1. The first-order chi connectivity index (χ1) is 15.8. The van der Waals surface area contributed by atoms with Crippen molar-refractivity contribution in [3.05, 3.63) is 53.6 Å². The molecule has 1 saturated heterocycles. The van der Waals surface area contributed by atoms with Gasteiger partial charge in [0.2, 0.25) is 15.9 Å². The Labute approximate surface area is 193 Å². The minimum Gasteiger partial charge on any atom is -0.435 e. The fraction of sp³-hybridized carbons (Fsp3) is 0.435. The summed E-state index contributed by atoms with van der Waals surface area (Å²) in [6.45, 7) is 0.329. The zero-order valence-corrected chi connectivity index (χ0v) is 19.3. The lowest BCUT2D eigenvalue weighted by Crippen LogP contribution is -2.36. The maximum absolute atomic E-state index is 13.0. The van der Waals surface area contributed by atoms with Gasteiger partial charge in [0.1, 0.15) is 5.75 Å². The summed E-state index contributed by atoms with van der Waals surface area (Å²) >= 11 is 0. The summed E-state index contributed by atoms with van der Waals surface area (Å²) in [6.07, 6.45) is 3.30. The molecule has 10 heteroatoms. The molecule has 3 rings (SSSR count). The number of piperidine rings is 1. The third-order valence-electron chi connectivity index (χ3n) is 5.46. The third-order valence-corrected chi connectivity index (χ3v) is 7.50. The topological polar surface area (TPSA) is 87.7 Å². The van der Waals surface area contributed by atoms with E-state index in [1.165, 1.54) is 16.4 Å². The van der Waals surface area contributed by atoms with Crippen molar-refractivity contribution in [2.24, 2.45) is 0 Å². The van der Waals surface area contributed by atoms with Gasteiger partial charge in [0.05, 0.1) is 11.4 Å². The molecule has 1 heterocycles. The second kappa shape index (κ2) is 11.4. The van der Waals surface area contributed by atoms with Crippen LogP contribution in [0.2, 0.25) is 0 Å². The molecule has 7 nitrogen and oxygen atoms in total. The van der Waals surface area contributed by atoms with E-state index < -0.39 is 16.6 Å². The van der Waals surface area contributed by atoms with Crippen molar-refractivity contribution in [1.82, 2.24) is 9.62 Å². The van der Waals surface area contributed by atoms with E-state index in [4.69, 9.17) is 0 Å². The predicted octanol–water partition coefficient (Wildman–Crippen LogP) is 3.54. The van der Waals surface area contributed by atoms with Crippen LogP contribution in [0.15, 0.2) is 47.4 Å². The highest BCUT2D eigenvalue weighted by Crippen LogP contribution is 2.26. The number of hydrogen-bond acceptors (Lipinski definition) is 5. The van der Waals surface area contributed by atoms with Crippen LogP contribution in [0, 0.1) is 6.92 Å². The quantitative estimate of drug-likeness (QED) is 0.542. The molecule has 2 aromatic carbocycles. The van der Waals surface area contributed by atoms with E-state index >= 15 is 0 Å². The van der Waals surface area contributed by atoms with E-state index in [9.17, 15) is 22.0 Å². The fourth-order valence-corrected chi connectivity index (χ4v) is 5.43. The maximum Gasteiger partial charge on any atom is 0.387 e. The van der Waals surface area contributed by atoms with Crippen molar-refractivity contribution >= 4 is 21.6 Å². The smallest absolute Gasteiger partial charge is 0.387 e.